The number of hydrogen-bond donors (Lipinski definition) is 2. The summed E-state index contributed by atoms with van der Waals surface area (Å²) in [7, 11) is -3.15. The fourth-order valence-corrected chi connectivity index (χ4v) is 2.62. The minimum atomic E-state index is -3.15. The number of nitrogens with one attached hydrogen (secondary N) is 1. The smallest absolute Gasteiger partial charge is 0.225 e. The van der Waals surface area contributed by atoms with Gasteiger partial charge >= 0.3 is 0 Å². The molecule has 5 nitrogen and oxygen atoms in total. The molecule has 0 saturated heterocycles. The summed E-state index contributed by atoms with van der Waals surface area (Å²) in [5.41, 5.74) is 6.81. The molecule has 1 amide bonds. The quantitative estimate of drug-likeness (QED) is 0.833. The van der Waals surface area contributed by atoms with Crippen LogP contribution in [0, 0.1) is 0 Å². The van der Waals surface area contributed by atoms with Crippen LogP contribution < -0.4 is 11.1 Å². The maximum atomic E-state index is 11.9. The van der Waals surface area contributed by atoms with E-state index in [2.05, 4.69) is 5.32 Å². The standard InChI is InChI=1S/C14H22N2O3S.ClH/c1-10(2)20(18,19)9-12-5-4-6-13(8-12)16-14(17)7-11(3)15;/h4-6,8,10-11H,7,9,15H2,1-3H3,(H,16,17);1H. The van der Waals surface area contributed by atoms with Crippen LogP contribution in [0.5, 0.6) is 0 Å². The number of benzene rings is 1. The summed E-state index contributed by atoms with van der Waals surface area (Å²) in [5.74, 6) is -0.203. The zero-order valence-electron chi connectivity index (χ0n) is 12.5. The highest BCUT2D eigenvalue weighted by molar-refractivity contribution is 7.91. The molecule has 0 spiro atoms. The van der Waals surface area contributed by atoms with Gasteiger partial charge in [-0.3, -0.25) is 4.79 Å². The summed E-state index contributed by atoms with van der Waals surface area (Å²) < 4.78 is 23.7. The highest BCUT2D eigenvalue weighted by Crippen LogP contribution is 2.16. The van der Waals surface area contributed by atoms with E-state index in [4.69, 9.17) is 5.73 Å². The van der Waals surface area contributed by atoms with Gasteiger partial charge in [0, 0.05) is 18.2 Å². The predicted octanol–water partition coefficient (Wildman–Crippen LogP) is 2.11. The van der Waals surface area contributed by atoms with Gasteiger partial charge in [0.1, 0.15) is 0 Å². The zero-order chi connectivity index (χ0) is 15.3. The minimum absolute atomic E-state index is 0. The first-order valence-electron chi connectivity index (χ1n) is 6.56. The Morgan fingerprint density at radius 1 is 1.29 bits per heavy atom. The molecule has 0 radical (unpaired) electrons. The molecule has 7 heteroatoms. The molecule has 0 bridgehead atoms. The van der Waals surface area contributed by atoms with Crippen LogP contribution in [0.3, 0.4) is 0 Å². The van der Waals surface area contributed by atoms with Crippen molar-refractivity contribution < 1.29 is 13.2 Å². The van der Waals surface area contributed by atoms with Crippen molar-refractivity contribution in [1.82, 2.24) is 0 Å². The molecule has 0 aliphatic heterocycles. The molecule has 1 aromatic rings. The molecule has 21 heavy (non-hydrogen) atoms. The topological polar surface area (TPSA) is 89.3 Å². The summed E-state index contributed by atoms with van der Waals surface area (Å²) in [5, 5.41) is 2.30. The Kier molecular flexibility index (Phi) is 7.92. The van der Waals surface area contributed by atoms with Crippen molar-refractivity contribution in [3.05, 3.63) is 29.8 Å². The van der Waals surface area contributed by atoms with Crippen LogP contribution in [-0.2, 0) is 20.4 Å². The predicted molar refractivity (Wildman–Crippen MR) is 88.3 cm³/mol. The highest BCUT2D eigenvalue weighted by atomic mass is 35.5. The van der Waals surface area contributed by atoms with Crippen molar-refractivity contribution in [2.24, 2.45) is 5.73 Å². The fraction of sp³-hybridized carbons (Fsp3) is 0.500. The Hall–Kier alpha value is -1.11. The zero-order valence-corrected chi connectivity index (χ0v) is 14.1. The molecule has 0 aliphatic rings. The van der Waals surface area contributed by atoms with Crippen LogP contribution in [0.4, 0.5) is 5.69 Å². The second-order valence-corrected chi connectivity index (χ2v) is 7.84. The summed E-state index contributed by atoms with van der Waals surface area (Å²) in [6, 6.07) is 6.66. The van der Waals surface area contributed by atoms with Crippen LogP contribution in [0.2, 0.25) is 0 Å². The molecule has 1 rings (SSSR count). The van der Waals surface area contributed by atoms with Gasteiger partial charge in [0.2, 0.25) is 5.91 Å². The number of nitrogens with two attached hydrogens (primary N) is 1. The van der Waals surface area contributed by atoms with Crippen LogP contribution in [0.1, 0.15) is 32.8 Å². The number of carbonyl (C=O) groups excluding carboxylic acids is 1. The first-order valence-corrected chi connectivity index (χ1v) is 8.28. The molecule has 0 fully saturated rings. The van der Waals surface area contributed by atoms with E-state index in [9.17, 15) is 13.2 Å². The lowest BCUT2D eigenvalue weighted by molar-refractivity contribution is -0.116. The van der Waals surface area contributed by atoms with Gasteiger partial charge in [0.25, 0.3) is 0 Å². The maximum Gasteiger partial charge on any atom is 0.225 e. The van der Waals surface area contributed by atoms with Crippen molar-refractivity contribution in [2.45, 2.75) is 44.2 Å². The number of rotatable bonds is 6. The molecule has 0 saturated carbocycles. The second kappa shape index (κ2) is 8.36. The van der Waals surface area contributed by atoms with Crippen LogP contribution >= 0.6 is 12.4 Å². The van der Waals surface area contributed by atoms with Crippen LogP contribution in [0.25, 0.3) is 0 Å². The van der Waals surface area contributed by atoms with Gasteiger partial charge in [-0.05, 0) is 38.5 Å². The minimum Gasteiger partial charge on any atom is -0.327 e. The normalized spacial score (nSPS) is 12.6. The molecule has 1 unspecified atom stereocenters. The van der Waals surface area contributed by atoms with Crippen molar-refractivity contribution in [2.75, 3.05) is 5.32 Å². The molecule has 120 valence electrons. The monoisotopic (exact) mass is 334 g/mol. The lowest BCUT2D eigenvalue weighted by Crippen LogP contribution is -2.24. The maximum absolute atomic E-state index is 11.9. The van der Waals surface area contributed by atoms with Gasteiger partial charge in [-0.2, -0.15) is 0 Å². The average Bonchev–Trinajstić information content (AvgIpc) is 2.26. The summed E-state index contributed by atoms with van der Waals surface area (Å²) in [6.07, 6.45) is 0.231. The number of anilines is 1. The van der Waals surface area contributed by atoms with E-state index >= 15 is 0 Å². The third-order valence-corrected chi connectivity index (χ3v) is 4.98. The molecule has 1 aromatic carbocycles. The number of hydrogen-bond acceptors (Lipinski definition) is 4. The average molecular weight is 335 g/mol. The Labute approximate surface area is 132 Å². The van der Waals surface area contributed by atoms with Gasteiger partial charge < -0.3 is 11.1 Å². The SMILES string of the molecule is CC(N)CC(=O)Nc1cccc(CS(=O)(=O)C(C)C)c1.Cl. The molecule has 0 heterocycles. The summed E-state index contributed by atoms with van der Waals surface area (Å²) >= 11 is 0. The van der Waals surface area contributed by atoms with Crippen molar-refractivity contribution in [3.63, 3.8) is 0 Å². The summed E-state index contributed by atoms with van der Waals surface area (Å²) in [6.45, 7) is 5.07. The van der Waals surface area contributed by atoms with Crippen LogP contribution in [0.15, 0.2) is 24.3 Å². The molecule has 0 aromatic heterocycles. The Morgan fingerprint density at radius 3 is 2.43 bits per heavy atom. The first-order chi connectivity index (χ1) is 9.20. The Morgan fingerprint density at radius 2 is 1.90 bits per heavy atom. The van der Waals surface area contributed by atoms with E-state index in [-0.39, 0.29) is 36.5 Å². The molecular weight excluding hydrogens is 312 g/mol. The van der Waals surface area contributed by atoms with Crippen molar-refractivity contribution in [1.29, 1.82) is 0 Å². The van der Waals surface area contributed by atoms with Gasteiger partial charge in [0.05, 0.1) is 11.0 Å². The highest BCUT2D eigenvalue weighted by Gasteiger charge is 2.17. The van der Waals surface area contributed by atoms with E-state index in [1.807, 2.05) is 0 Å². The van der Waals surface area contributed by atoms with Gasteiger partial charge in [-0.1, -0.05) is 12.1 Å². The molecule has 1 atom stereocenters. The number of carbonyl (C=O) groups is 1. The number of halogens is 1. The van der Waals surface area contributed by atoms with Crippen molar-refractivity contribution >= 4 is 33.8 Å². The van der Waals surface area contributed by atoms with E-state index in [0.29, 0.717) is 11.3 Å². The third-order valence-electron chi connectivity index (χ3n) is 2.80. The fourth-order valence-electron chi connectivity index (χ4n) is 1.64. The van der Waals surface area contributed by atoms with Crippen LogP contribution in [-0.4, -0.2) is 25.6 Å². The summed E-state index contributed by atoms with van der Waals surface area (Å²) in [4.78, 5) is 11.6. The molecule has 3 N–H and O–H groups in total. The van der Waals surface area contributed by atoms with E-state index in [1.165, 1.54) is 0 Å². The molecular formula is C14H23ClN2O3S. The largest absolute Gasteiger partial charge is 0.327 e. The Balaban J connectivity index is 0.00000400. The van der Waals surface area contributed by atoms with E-state index in [1.54, 1.807) is 45.0 Å². The van der Waals surface area contributed by atoms with Gasteiger partial charge in [-0.25, -0.2) is 8.42 Å². The Bertz CT molecular complexity index is 571. The van der Waals surface area contributed by atoms with E-state index in [0.717, 1.165) is 0 Å². The van der Waals surface area contributed by atoms with Gasteiger partial charge in [0.15, 0.2) is 9.84 Å². The third kappa shape index (κ3) is 6.93. The molecule has 0 aliphatic carbocycles. The lowest BCUT2D eigenvalue weighted by atomic mass is 10.2. The van der Waals surface area contributed by atoms with Crippen molar-refractivity contribution in [3.8, 4) is 0 Å². The number of sulfone groups is 1. The first kappa shape index (κ1) is 19.9. The van der Waals surface area contributed by atoms with E-state index < -0.39 is 15.1 Å². The van der Waals surface area contributed by atoms with Gasteiger partial charge in [-0.15, -0.1) is 12.4 Å². The lowest BCUT2D eigenvalue weighted by Gasteiger charge is -2.10. The number of amides is 1. The second-order valence-electron chi connectivity index (χ2n) is 5.29.